The Bertz CT molecular complexity index is 1520. The number of cyclic esters (lactones) is 1. The molecular weight excluding hydrogens is 561 g/mol. The molecule has 42 heavy (non-hydrogen) atoms. The van der Waals surface area contributed by atoms with Gasteiger partial charge in [-0.15, -0.1) is 0 Å². The zero-order valence-electron chi connectivity index (χ0n) is 23.2. The van der Waals surface area contributed by atoms with Gasteiger partial charge in [-0.05, 0) is 80.8 Å². The minimum atomic E-state index is -0.509. The summed E-state index contributed by atoms with van der Waals surface area (Å²) in [5.74, 6) is 0.679. The third-order valence-corrected chi connectivity index (χ3v) is 8.60. The Kier molecular flexibility index (Phi) is 8.26. The van der Waals surface area contributed by atoms with Crippen molar-refractivity contribution in [2.45, 2.75) is 38.5 Å². The van der Waals surface area contributed by atoms with Crippen LogP contribution in [0.2, 0.25) is 5.02 Å². The minimum absolute atomic E-state index is 0.00314. The molecular formula is C31H33ClFN5O4. The molecule has 2 N–H and O–H groups in total. The second-order valence-corrected chi connectivity index (χ2v) is 11.8. The highest BCUT2D eigenvalue weighted by molar-refractivity contribution is 6.31. The van der Waals surface area contributed by atoms with E-state index in [0.29, 0.717) is 65.9 Å². The van der Waals surface area contributed by atoms with Gasteiger partial charge in [0.25, 0.3) is 0 Å². The lowest BCUT2D eigenvalue weighted by molar-refractivity contribution is -0.155. The van der Waals surface area contributed by atoms with Crippen LogP contribution in [-0.4, -0.2) is 59.6 Å². The van der Waals surface area contributed by atoms with Crippen molar-refractivity contribution in [3.8, 4) is 5.75 Å². The molecule has 2 saturated heterocycles. The third-order valence-electron chi connectivity index (χ3n) is 8.31. The number of halogens is 2. The summed E-state index contributed by atoms with van der Waals surface area (Å²) in [6.45, 7) is 3.52. The summed E-state index contributed by atoms with van der Waals surface area (Å²) in [4.78, 5) is 35.8. The van der Waals surface area contributed by atoms with E-state index < -0.39 is 5.82 Å². The van der Waals surface area contributed by atoms with E-state index in [0.717, 1.165) is 45.2 Å². The molecule has 2 aliphatic heterocycles. The highest BCUT2D eigenvalue weighted by Gasteiger charge is 2.39. The molecule has 1 aromatic heterocycles. The number of ether oxygens (including phenoxy) is 2. The Labute approximate surface area is 248 Å². The normalized spacial score (nSPS) is 18.8. The second kappa shape index (κ2) is 12.2. The number of benzene rings is 2. The van der Waals surface area contributed by atoms with Crippen molar-refractivity contribution in [2.24, 2.45) is 11.3 Å². The number of carbonyl (C=O) groups is 2. The van der Waals surface area contributed by atoms with E-state index in [2.05, 4.69) is 25.5 Å². The maximum atomic E-state index is 13.7. The predicted octanol–water partition coefficient (Wildman–Crippen LogP) is 5.87. The van der Waals surface area contributed by atoms with Crippen LogP contribution in [0.25, 0.3) is 10.9 Å². The van der Waals surface area contributed by atoms with Crippen LogP contribution in [0.5, 0.6) is 5.75 Å². The fourth-order valence-corrected chi connectivity index (χ4v) is 5.73. The number of carbonyl (C=O) groups excluding carboxylic acids is 2. The van der Waals surface area contributed by atoms with Gasteiger partial charge in [-0.2, -0.15) is 0 Å². The quantitative estimate of drug-likeness (QED) is 0.234. The predicted molar refractivity (Wildman–Crippen MR) is 159 cm³/mol. The van der Waals surface area contributed by atoms with Crippen LogP contribution in [0.15, 0.2) is 48.8 Å². The number of piperidine rings is 1. The zero-order valence-corrected chi connectivity index (χ0v) is 24.0. The summed E-state index contributed by atoms with van der Waals surface area (Å²) < 4.78 is 24.9. The first-order valence-corrected chi connectivity index (χ1v) is 14.7. The van der Waals surface area contributed by atoms with Crippen molar-refractivity contribution in [2.75, 3.05) is 43.5 Å². The van der Waals surface area contributed by atoms with Crippen LogP contribution in [0.4, 0.5) is 21.6 Å². The molecule has 2 aromatic carbocycles. The molecule has 9 nitrogen and oxygen atoms in total. The molecule has 0 radical (unpaired) electrons. The maximum absolute atomic E-state index is 13.7. The number of hydrogen-bond donors (Lipinski definition) is 2. The average Bonchev–Trinajstić information content (AvgIpc) is 3.80. The standard InChI is InChI=1S/C31H33ClFN5O4/c32-23-14-21(5-6-24(23)33)36-30-22-15-26(27(42-18-20-3-4-20)16-25(22)34-19-35-30)37-28(39)2-1-10-38-11-7-31(8-12-38)9-13-41-29(40)17-31/h1-2,5-6,14-16,19-20H,3-4,7-13,17-18H2,(H,37,39)(H,34,35,36)/b2-1+. The monoisotopic (exact) mass is 593 g/mol. The van der Waals surface area contributed by atoms with Gasteiger partial charge in [0.1, 0.15) is 23.7 Å². The van der Waals surface area contributed by atoms with Crippen molar-refractivity contribution >= 4 is 51.6 Å². The van der Waals surface area contributed by atoms with E-state index in [-0.39, 0.29) is 22.3 Å². The summed E-state index contributed by atoms with van der Waals surface area (Å²) in [6.07, 6.45) is 10.5. The number of aromatic nitrogens is 2. The lowest BCUT2D eigenvalue weighted by atomic mass is 9.72. The van der Waals surface area contributed by atoms with Crippen LogP contribution < -0.4 is 15.4 Å². The Morgan fingerprint density at radius 3 is 2.79 bits per heavy atom. The van der Waals surface area contributed by atoms with Gasteiger partial charge in [0, 0.05) is 29.8 Å². The molecule has 0 bridgehead atoms. The Balaban J connectivity index is 1.14. The molecule has 0 atom stereocenters. The zero-order chi connectivity index (χ0) is 29.1. The summed E-state index contributed by atoms with van der Waals surface area (Å²) in [5.41, 5.74) is 1.78. The number of anilines is 3. The van der Waals surface area contributed by atoms with Gasteiger partial charge in [-0.1, -0.05) is 17.7 Å². The highest BCUT2D eigenvalue weighted by Crippen LogP contribution is 2.41. The Morgan fingerprint density at radius 1 is 1.19 bits per heavy atom. The Hall–Kier alpha value is -3.76. The molecule has 1 amide bonds. The Morgan fingerprint density at radius 2 is 2.02 bits per heavy atom. The molecule has 3 heterocycles. The molecule has 1 spiro atoms. The number of nitrogens with zero attached hydrogens (tertiary/aromatic N) is 3. The molecule has 220 valence electrons. The molecule has 3 aliphatic rings. The summed E-state index contributed by atoms with van der Waals surface area (Å²) >= 11 is 5.96. The van der Waals surface area contributed by atoms with E-state index in [9.17, 15) is 14.0 Å². The summed E-state index contributed by atoms with van der Waals surface area (Å²) in [6, 6.07) is 7.92. The molecule has 6 rings (SSSR count). The van der Waals surface area contributed by atoms with Crippen LogP contribution >= 0.6 is 11.6 Å². The number of nitrogens with one attached hydrogen (secondary N) is 2. The van der Waals surface area contributed by atoms with E-state index in [1.807, 2.05) is 6.08 Å². The van der Waals surface area contributed by atoms with Crippen molar-refractivity contribution < 1.29 is 23.5 Å². The molecule has 1 aliphatic carbocycles. The smallest absolute Gasteiger partial charge is 0.306 e. The van der Waals surface area contributed by atoms with Crippen LogP contribution in [0.1, 0.15) is 38.5 Å². The summed E-state index contributed by atoms with van der Waals surface area (Å²) in [5, 5.41) is 6.79. The number of fused-ring (bicyclic) bond motifs is 1. The molecule has 0 unspecified atom stereocenters. The van der Waals surface area contributed by atoms with Crippen LogP contribution in [0.3, 0.4) is 0 Å². The van der Waals surface area contributed by atoms with Crippen molar-refractivity contribution in [1.82, 2.24) is 14.9 Å². The largest absolute Gasteiger partial charge is 0.491 e. The lowest BCUT2D eigenvalue weighted by Crippen LogP contribution is -2.44. The van der Waals surface area contributed by atoms with Crippen molar-refractivity contribution in [3.63, 3.8) is 0 Å². The van der Waals surface area contributed by atoms with Crippen LogP contribution in [0, 0.1) is 17.2 Å². The van der Waals surface area contributed by atoms with Crippen molar-refractivity contribution in [1.29, 1.82) is 0 Å². The van der Waals surface area contributed by atoms with Gasteiger partial charge in [0.2, 0.25) is 5.91 Å². The van der Waals surface area contributed by atoms with Crippen molar-refractivity contribution in [3.05, 3.63) is 59.7 Å². The average molecular weight is 594 g/mol. The van der Waals surface area contributed by atoms with Gasteiger partial charge in [-0.3, -0.25) is 14.5 Å². The number of likely N-dealkylation sites (tertiary alicyclic amines) is 1. The van der Waals surface area contributed by atoms with Gasteiger partial charge in [-0.25, -0.2) is 14.4 Å². The highest BCUT2D eigenvalue weighted by atomic mass is 35.5. The third kappa shape index (κ3) is 6.82. The van der Waals surface area contributed by atoms with E-state index in [4.69, 9.17) is 21.1 Å². The second-order valence-electron chi connectivity index (χ2n) is 11.4. The minimum Gasteiger partial charge on any atom is -0.491 e. The molecule has 3 fully saturated rings. The van der Waals surface area contributed by atoms with Crippen LogP contribution in [-0.2, 0) is 14.3 Å². The molecule has 1 saturated carbocycles. The van der Waals surface area contributed by atoms with Gasteiger partial charge < -0.3 is 20.1 Å². The van der Waals surface area contributed by atoms with E-state index in [1.54, 1.807) is 24.3 Å². The van der Waals surface area contributed by atoms with Gasteiger partial charge >= 0.3 is 5.97 Å². The molecule has 11 heteroatoms. The topological polar surface area (TPSA) is 106 Å². The van der Waals surface area contributed by atoms with E-state index >= 15 is 0 Å². The fraction of sp³-hybridized carbons (Fsp3) is 0.419. The SMILES string of the molecule is O=C(/C=C/CN1CCC2(CCOC(=O)C2)CC1)Nc1cc2c(Nc3ccc(F)c(Cl)c3)ncnc2cc1OCC1CC1. The number of rotatable bonds is 9. The first-order valence-electron chi connectivity index (χ1n) is 14.3. The number of esters is 1. The first kappa shape index (κ1) is 28.4. The van der Waals surface area contributed by atoms with Gasteiger partial charge in [0.05, 0.1) is 35.9 Å². The first-order chi connectivity index (χ1) is 20.4. The van der Waals surface area contributed by atoms with E-state index in [1.165, 1.54) is 18.5 Å². The number of amides is 1. The van der Waals surface area contributed by atoms with Gasteiger partial charge in [0.15, 0.2) is 0 Å². The fourth-order valence-electron chi connectivity index (χ4n) is 5.55. The summed E-state index contributed by atoms with van der Waals surface area (Å²) in [7, 11) is 0. The lowest BCUT2D eigenvalue weighted by Gasteiger charge is -2.43. The molecule has 3 aromatic rings. The number of hydrogen-bond acceptors (Lipinski definition) is 8. The maximum Gasteiger partial charge on any atom is 0.306 e.